The average molecular weight is 304 g/mol. The molecule has 2 rings (SSSR count). The molecule has 0 atom stereocenters. The monoisotopic (exact) mass is 304 g/mol. The zero-order chi connectivity index (χ0) is 15.9. The highest BCUT2D eigenvalue weighted by Crippen LogP contribution is 2.17. The van der Waals surface area contributed by atoms with Crippen LogP contribution in [-0.4, -0.2) is 29.0 Å². The van der Waals surface area contributed by atoms with Gasteiger partial charge in [-0.2, -0.15) is 0 Å². The quantitative estimate of drug-likeness (QED) is 0.878. The molecule has 0 saturated carbocycles. The maximum atomic E-state index is 12.1. The molecular weight excluding hydrogens is 276 g/mol. The number of carbonyl (C=O) groups is 1. The van der Waals surface area contributed by atoms with Gasteiger partial charge in [0.2, 0.25) is 11.9 Å². The van der Waals surface area contributed by atoms with Gasteiger partial charge in [-0.25, -0.2) is 9.97 Å². The second-order valence-electron chi connectivity index (χ2n) is 6.08. The Morgan fingerprint density at radius 1 is 1.23 bits per heavy atom. The molecule has 5 nitrogen and oxygen atoms in total. The van der Waals surface area contributed by atoms with Gasteiger partial charge < -0.3 is 10.2 Å². The normalized spacial score (nSPS) is 15.2. The summed E-state index contributed by atoms with van der Waals surface area (Å²) in [5.74, 6) is 1.04. The summed E-state index contributed by atoms with van der Waals surface area (Å²) in [6, 6.07) is 1.96. The standard InChI is InChI=1S/C17H28N4O/c1-4-14(5-2)16(22)18-12-15-11-13(3)19-17(20-15)21-9-7-6-8-10-21/h11,14H,4-10,12H2,1-3H3,(H,18,22). The molecule has 122 valence electrons. The summed E-state index contributed by atoms with van der Waals surface area (Å²) in [5, 5.41) is 3.01. The van der Waals surface area contributed by atoms with E-state index in [1.807, 2.05) is 13.0 Å². The van der Waals surface area contributed by atoms with Crippen LogP contribution in [0.1, 0.15) is 57.3 Å². The molecule has 0 unspecified atom stereocenters. The van der Waals surface area contributed by atoms with Crippen molar-refractivity contribution in [3.8, 4) is 0 Å². The van der Waals surface area contributed by atoms with Gasteiger partial charge in [-0.05, 0) is 45.1 Å². The SMILES string of the molecule is CCC(CC)C(=O)NCc1cc(C)nc(N2CCCCC2)n1. The van der Waals surface area contributed by atoms with Crippen LogP contribution < -0.4 is 10.2 Å². The van der Waals surface area contributed by atoms with Crippen LogP contribution in [0.15, 0.2) is 6.07 Å². The topological polar surface area (TPSA) is 58.1 Å². The smallest absolute Gasteiger partial charge is 0.225 e. The van der Waals surface area contributed by atoms with Crippen molar-refractivity contribution in [3.05, 3.63) is 17.5 Å². The minimum absolute atomic E-state index is 0.101. The second kappa shape index (κ2) is 8.11. The third-order valence-electron chi connectivity index (χ3n) is 4.33. The van der Waals surface area contributed by atoms with Crippen LogP contribution >= 0.6 is 0 Å². The first kappa shape index (κ1) is 16.7. The van der Waals surface area contributed by atoms with E-state index in [4.69, 9.17) is 0 Å². The Hall–Kier alpha value is -1.65. The summed E-state index contributed by atoms with van der Waals surface area (Å²) in [7, 11) is 0. The lowest BCUT2D eigenvalue weighted by Gasteiger charge is -2.27. The number of carbonyl (C=O) groups excluding carboxylic acids is 1. The number of anilines is 1. The van der Waals surface area contributed by atoms with Gasteiger partial charge >= 0.3 is 0 Å². The maximum Gasteiger partial charge on any atom is 0.225 e. The molecule has 1 aromatic heterocycles. The number of hydrogen-bond donors (Lipinski definition) is 1. The van der Waals surface area contributed by atoms with E-state index in [0.29, 0.717) is 6.54 Å². The summed E-state index contributed by atoms with van der Waals surface area (Å²) >= 11 is 0. The van der Waals surface area contributed by atoms with Crippen LogP contribution in [0.2, 0.25) is 0 Å². The van der Waals surface area contributed by atoms with Crippen molar-refractivity contribution < 1.29 is 4.79 Å². The molecule has 22 heavy (non-hydrogen) atoms. The minimum Gasteiger partial charge on any atom is -0.350 e. The van der Waals surface area contributed by atoms with E-state index in [9.17, 15) is 4.79 Å². The summed E-state index contributed by atoms with van der Waals surface area (Å²) in [4.78, 5) is 23.5. The molecule has 0 bridgehead atoms. The van der Waals surface area contributed by atoms with E-state index in [-0.39, 0.29) is 11.8 Å². The predicted molar refractivity (Wildman–Crippen MR) is 88.8 cm³/mol. The van der Waals surface area contributed by atoms with Crippen molar-refractivity contribution in [1.29, 1.82) is 0 Å². The van der Waals surface area contributed by atoms with Gasteiger partial charge in [0, 0.05) is 24.7 Å². The van der Waals surface area contributed by atoms with Gasteiger partial charge in [0.25, 0.3) is 0 Å². The van der Waals surface area contributed by atoms with Crippen LogP contribution in [0.3, 0.4) is 0 Å². The van der Waals surface area contributed by atoms with Gasteiger partial charge in [-0.15, -0.1) is 0 Å². The fraction of sp³-hybridized carbons (Fsp3) is 0.706. The van der Waals surface area contributed by atoms with Crippen LogP contribution in [0.25, 0.3) is 0 Å². The lowest BCUT2D eigenvalue weighted by atomic mass is 10.0. The van der Waals surface area contributed by atoms with Crippen molar-refractivity contribution in [1.82, 2.24) is 15.3 Å². The fourth-order valence-corrected chi connectivity index (χ4v) is 2.92. The van der Waals surface area contributed by atoms with E-state index in [2.05, 4.69) is 34.0 Å². The maximum absolute atomic E-state index is 12.1. The number of nitrogens with zero attached hydrogens (tertiary/aromatic N) is 3. The van der Waals surface area contributed by atoms with Crippen LogP contribution in [0, 0.1) is 12.8 Å². The van der Waals surface area contributed by atoms with Crippen molar-refractivity contribution in [2.75, 3.05) is 18.0 Å². The molecule has 1 aliphatic heterocycles. The number of piperidine rings is 1. The van der Waals surface area contributed by atoms with Gasteiger partial charge in [0.15, 0.2) is 0 Å². The summed E-state index contributed by atoms with van der Waals surface area (Å²) in [6.07, 6.45) is 5.46. The zero-order valence-electron chi connectivity index (χ0n) is 14.1. The molecule has 1 amide bonds. The molecule has 2 heterocycles. The van der Waals surface area contributed by atoms with E-state index >= 15 is 0 Å². The van der Waals surface area contributed by atoms with Gasteiger partial charge in [-0.3, -0.25) is 4.79 Å². The number of hydrogen-bond acceptors (Lipinski definition) is 4. The molecule has 1 fully saturated rings. The molecule has 5 heteroatoms. The molecule has 1 aromatic rings. The van der Waals surface area contributed by atoms with E-state index < -0.39 is 0 Å². The van der Waals surface area contributed by atoms with E-state index in [0.717, 1.165) is 43.3 Å². The lowest BCUT2D eigenvalue weighted by molar-refractivity contribution is -0.125. The highest BCUT2D eigenvalue weighted by Gasteiger charge is 2.16. The average Bonchev–Trinajstić information content (AvgIpc) is 2.54. The Kier molecular flexibility index (Phi) is 6.16. The Bertz CT molecular complexity index is 493. The van der Waals surface area contributed by atoms with E-state index in [1.54, 1.807) is 0 Å². The fourth-order valence-electron chi connectivity index (χ4n) is 2.92. The summed E-state index contributed by atoms with van der Waals surface area (Å²) in [6.45, 7) is 8.64. The molecule has 0 aliphatic carbocycles. The number of nitrogens with one attached hydrogen (secondary N) is 1. The van der Waals surface area contributed by atoms with Crippen molar-refractivity contribution in [2.24, 2.45) is 5.92 Å². The van der Waals surface area contributed by atoms with Crippen LogP contribution in [0.5, 0.6) is 0 Å². The number of amides is 1. The molecule has 0 aromatic carbocycles. The molecule has 1 N–H and O–H groups in total. The Morgan fingerprint density at radius 2 is 1.91 bits per heavy atom. The van der Waals surface area contributed by atoms with Gasteiger partial charge in [0.1, 0.15) is 0 Å². The second-order valence-corrected chi connectivity index (χ2v) is 6.08. The Balaban J connectivity index is 2.01. The third-order valence-corrected chi connectivity index (χ3v) is 4.33. The third kappa shape index (κ3) is 4.42. The highest BCUT2D eigenvalue weighted by molar-refractivity contribution is 5.78. The van der Waals surface area contributed by atoms with Crippen LogP contribution in [0.4, 0.5) is 5.95 Å². The Morgan fingerprint density at radius 3 is 2.55 bits per heavy atom. The first-order chi connectivity index (χ1) is 10.6. The minimum atomic E-state index is 0.101. The van der Waals surface area contributed by atoms with Crippen molar-refractivity contribution >= 4 is 11.9 Å². The summed E-state index contributed by atoms with van der Waals surface area (Å²) in [5.41, 5.74) is 1.86. The van der Waals surface area contributed by atoms with E-state index in [1.165, 1.54) is 19.3 Å². The number of rotatable bonds is 6. The number of aryl methyl sites for hydroxylation is 1. The van der Waals surface area contributed by atoms with Crippen molar-refractivity contribution in [2.45, 2.75) is 59.4 Å². The first-order valence-corrected chi connectivity index (χ1v) is 8.51. The van der Waals surface area contributed by atoms with Crippen LogP contribution in [-0.2, 0) is 11.3 Å². The van der Waals surface area contributed by atoms with Gasteiger partial charge in [0.05, 0.1) is 12.2 Å². The number of aromatic nitrogens is 2. The largest absolute Gasteiger partial charge is 0.350 e. The molecule has 1 saturated heterocycles. The Labute approximate surface area is 133 Å². The zero-order valence-corrected chi connectivity index (χ0v) is 14.1. The molecule has 0 radical (unpaired) electrons. The summed E-state index contributed by atoms with van der Waals surface area (Å²) < 4.78 is 0. The molecule has 1 aliphatic rings. The first-order valence-electron chi connectivity index (χ1n) is 8.51. The highest BCUT2D eigenvalue weighted by atomic mass is 16.1. The van der Waals surface area contributed by atoms with Gasteiger partial charge in [-0.1, -0.05) is 13.8 Å². The molecule has 0 spiro atoms. The van der Waals surface area contributed by atoms with Crippen molar-refractivity contribution in [3.63, 3.8) is 0 Å². The lowest BCUT2D eigenvalue weighted by Crippen LogP contribution is -2.32. The predicted octanol–water partition coefficient (Wildman–Crippen LogP) is 2.83. The molecular formula is C17H28N4O.